The molecule has 0 spiro atoms. The molecule has 3 nitrogen and oxygen atoms in total. The third-order valence-electron chi connectivity index (χ3n) is 5.39. The second-order valence-corrected chi connectivity index (χ2v) is 6.98. The van der Waals surface area contributed by atoms with Crippen LogP contribution >= 0.6 is 0 Å². The lowest BCUT2D eigenvalue weighted by atomic mass is 9.72. The minimum atomic E-state index is -0.221. The molecule has 3 rings (SSSR count). The highest BCUT2D eigenvalue weighted by molar-refractivity contribution is 5.71. The van der Waals surface area contributed by atoms with Crippen molar-refractivity contribution < 1.29 is 14.3 Å². The fraction of sp³-hybridized carbons (Fsp3) is 0.650. The molecule has 2 aliphatic rings. The van der Waals surface area contributed by atoms with Crippen molar-refractivity contribution in [3.63, 3.8) is 0 Å². The van der Waals surface area contributed by atoms with Gasteiger partial charge in [-0.15, -0.1) is 0 Å². The highest BCUT2D eigenvalue weighted by atomic mass is 16.6. The molecule has 0 N–H and O–H groups in total. The molecule has 2 fully saturated rings. The molecular weight excluding hydrogens is 288 g/mol. The van der Waals surface area contributed by atoms with Crippen molar-refractivity contribution in [1.82, 2.24) is 0 Å². The molecule has 0 bridgehead atoms. The van der Waals surface area contributed by atoms with Gasteiger partial charge in [0.2, 0.25) is 0 Å². The van der Waals surface area contributed by atoms with Crippen LogP contribution in [0.1, 0.15) is 57.8 Å². The summed E-state index contributed by atoms with van der Waals surface area (Å²) in [5.74, 6) is 1.83. The van der Waals surface area contributed by atoms with Crippen molar-refractivity contribution in [2.75, 3.05) is 6.61 Å². The summed E-state index contributed by atoms with van der Waals surface area (Å²) in [5.41, 5.74) is 0. The van der Waals surface area contributed by atoms with Gasteiger partial charge in [-0.3, -0.25) is 0 Å². The molecule has 0 aromatic heterocycles. The molecule has 0 radical (unpaired) electrons. The summed E-state index contributed by atoms with van der Waals surface area (Å²) in [6, 6.07) is 9.46. The first-order chi connectivity index (χ1) is 11.3. The molecule has 126 valence electrons. The molecule has 2 saturated carbocycles. The Morgan fingerprint density at radius 1 is 0.913 bits per heavy atom. The third-order valence-corrected chi connectivity index (χ3v) is 5.39. The Bertz CT molecular complexity index is 479. The number of hydrogen-bond donors (Lipinski definition) is 0. The molecule has 1 aromatic rings. The summed E-state index contributed by atoms with van der Waals surface area (Å²) in [4.78, 5) is 12.2. The van der Waals surface area contributed by atoms with Gasteiger partial charge in [0.15, 0.2) is 6.61 Å². The summed E-state index contributed by atoms with van der Waals surface area (Å²) in [7, 11) is 0. The molecule has 3 heteroatoms. The molecule has 0 heterocycles. The lowest BCUT2D eigenvalue weighted by molar-refractivity contribution is -0.157. The number of ether oxygens (including phenoxy) is 2. The van der Waals surface area contributed by atoms with Crippen molar-refractivity contribution >= 4 is 5.97 Å². The van der Waals surface area contributed by atoms with E-state index in [2.05, 4.69) is 0 Å². The Morgan fingerprint density at radius 3 is 2.39 bits per heavy atom. The van der Waals surface area contributed by atoms with E-state index in [4.69, 9.17) is 9.47 Å². The van der Waals surface area contributed by atoms with Crippen LogP contribution in [0.25, 0.3) is 0 Å². The Morgan fingerprint density at radius 2 is 1.61 bits per heavy atom. The zero-order chi connectivity index (χ0) is 15.9. The van der Waals surface area contributed by atoms with E-state index in [-0.39, 0.29) is 18.7 Å². The largest absolute Gasteiger partial charge is 0.482 e. The van der Waals surface area contributed by atoms with Crippen LogP contribution in [0.15, 0.2) is 30.3 Å². The fourth-order valence-corrected chi connectivity index (χ4v) is 4.24. The van der Waals surface area contributed by atoms with Crippen LogP contribution in [0.5, 0.6) is 5.75 Å². The minimum absolute atomic E-state index is 0.0118. The number of esters is 1. The maximum atomic E-state index is 12.2. The highest BCUT2D eigenvalue weighted by Crippen LogP contribution is 2.39. The van der Waals surface area contributed by atoms with Crippen molar-refractivity contribution in [2.24, 2.45) is 11.8 Å². The lowest BCUT2D eigenvalue weighted by Crippen LogP contribution is -2.36. The van der Waals surface area contributed by atoms with Gasteiger partial charge < -0.3 is 9.47 Å². The third kappa shape index (κ3) is 4.73. The van der Waals surface area contributed by atoms with Gasteiger partial charge in [-0.1, -0.05) is 56.7 Å². The zero-order valence-electron chi connectivity index (χ0n) is 13.9. The topological polar surface area (TPSA) is 35.5 Å². The van der Waals surface area contributed by atoms with E-state index in [1.807, 2.05) is 30.3 Å². The molecule has 2 atom stereocenters. The van der Waals surface area contributed by atoms with Crippen LogP contribution in [0.4, 0.5) is 0 Å². The Balaban J connectivity index is 1.50. The van der Waals surface area contributed by atoms with Gasteiger partial charge in [0.1, 0.15) is 11.9 Å². The number of hydrogen-bond acceptors (Lipinski definition) is 3. The van der Waals surface area contributed by atoms with Gasteiger partial charge in [0.25, 0.3) is 0 Å². The van der Waals surface area contributed by atoms with Crippen LogP contribution in [-0.4, -0.2) is 18.7 Å². The summed E-state index contributed by atoms with van der Waals surface area (Å²) >= 11 is 0. The Labute approximate surface area is 139 Å². The molecule has 1 aromatic carbocycles. The maximum Gasteiger partial charge on any atom is 0.344 e. The monoisotopic (exact) mass is 316 g/mol. The molecule has 0 saturated heterocycles. The maximum absolute atomic E-state index is 12.2. The normalized spacial score (nSPS) is 25.7. The van der Waals surface area contributed by atoms with E-state index < -0.39 is 0 Å². The summed E-state index contributed by atoms with van der Waals surface area (Å²) in [6.45, 7) is 0.0118. The average molecular weight is 316 g/mol. The fourth-order valence-electron chi connectivity index (χ4n) is 4.24. The van der Waals surface area contributed by atoms with Crippen LogP contribution in [-0.2, 0) is 9.53 Å². The summed E-state index contributed by atoms with van der Waals surface area (Å²) in [5, 5.41) is 0. The van der Waals surface area contributed by atoms with Gasteiger partial charge >= 0.3 is 5.97 Å². The van der Waals surface area contributed by atoms with E-state index in [9.17, 15) is 4.79 Å². The van der Waals surface area contributed by atoms with E-state index in [1.54, 1.807) is 0 Å². The van der Waals surface area contributed by atoms with Crippen LogP contribution in [0.3, 0.4) is 0 Å². The Kier molecular flexibility index (Phi) is 5.95. The smallest absolute Gasteiger partial charge is 0.344 e. The quantitative estimate of drug-likeness (QED) is 0.736. The van der Waals surface area contributed by atoms with E-state index in [0.29, 0.717) is 5.92 Å². The van der Waals surface area contributed by atoms with Gasteiger partial charge in [-0.05, 0) is 43.2 Å². The first-order valence-corrected chi connectivity index (χ1v) is 9.20. The molecule has 2 aliphatic carbocycles. The highest BCUT2D eigenvalue weighted by Gasteiger charge is 2.34. The summed E-state index contributed by atoms with van der Waals surface area (Å²) < 4.78 is 11.3. The number of para-hydroxylation sites is 1. The first-order valence-electron chi connectivity index (χ1n) is 9.20. The molecule has 0 aliphatic heterocycles. The van der Waals surface area contributed by atoms with Crippen molar-refractivity contribution in [3.05, 3.63) is 30.3 Å². The first kappa shape index (κ1) is 16.4. The number of benzene rings is 1. The van der Waals surface area contributed by atoms with Crippen molar-refractivity contribution in [2.45, 2.75) is 63.9 Å². The van der Waals surface area contributed by atoms with E-state index in [1.165, 1.54) is 51.4 Å². The predicted octanol–water partition coefficient (Wildman–Crippen LogP) is 4.75. The van der Waals surface area contributed by atoms with E-state index >= 15 is 0 Å². The van der Waals surface area contributed by atoms with E-state index in [0.717, 1.165) is 18.1 Å². The molecular formula is C20H28O3. The van der Waals surface area contributed by atoms with Crippen molar-refractivity contribution in [1.29, 1.82) is 0 Å². The van der Waals surface area contributed by atoms with Gasteiger partial charge in [-0.25, -0.2) is 4.79 Å². The lowest BCUT2D eigenvalue weighted by Gasteiger charge is -2.38. The van der Waals surface area contributed by atoms with Crippen molar-refractivity contribution in [3.8, 4) is 5.75 Å². The van der Waals surface area contributed by atoms with Crippen LogP contribution in [0, 0.1) is 11.8 Å². The predicted molar refractivity (Wildman–Crippen MR) is 90.4 cm³/mol. The molecule has 23 heavy (non-hydrogen) atoms. The average Bonchev–Trinajstić information content (AvgIpc) is 2.62. The Hall–Kier alpha value is -1.51. The SMILES string of the molecule is O=C(COc1ccccc1)O[C@@H]1CCCC[C@@H]1C1CCCCC1. The van der Waals surface area contributed by atoms with Crippen LogP contribution < -0.4 is 4.74 Å². The molecule has 0 amide bonds. The number of carbonyl (C=O) groups excluding carboxylic acids is 1. The standard InChI is InChI=1S/C20H28O3/c21-20(15-22-17-11-5-2-6-12-17)23-19-14-8-7-13-18(19)16-9-3-1-4-10-16/h2,5-6,11-12,16,18-19H,1,3-4,7-10,13-15H2/t18-,19-/m1/s1. The van der Waals surface area contributed by atoms with Gasteiger partial charge in [-0.2, -0.15) is 0 Å². The minimum Gasteiger partial charge on any atom is -0.482 e. The number of carbonyl (C=O) groups is 1. The number of rotatable bonds is 5. The van der Waals surface area contributed by atoms with Gasteiger partial charge in [0, 0.05) is 0 Å². The van der Waals surface area contributed by atoms with Gasteiger partial charge in [0.05, 0.1) is 0 Å². The van der Waals surface area contributed by atoms with Crippen LogP contribution in [0.2, 0.25) is 0 Å². The zero-order valence-corrected chi connectivity index (χ0v) is 13.9. The molecule has 0 unspecified atom stereocenters. The summed E-state index contributed by atoms with van der Waals surface area (Å²) in [6.07, 6.45) is 11.5. The second kappa shape index (κ2) is 8.37. The second-order valence-electron chi connectivity index (χ2n) is 6.98.